The molecule has 156 valence electrons. The molecule has 1 atom stereocenters. The summed E-state index contributed by atoms with van der Waals surface area (Å²) >= 11 is 0. The Labute approximate surface area is 176 Å². The van der Waals surface area contributed by atoms with Crippen molar-refractivity contribution in [1.29, 1.82) is 0 Å². The Hall–Kier alpha value is -3.81. The van der Waals surface area contributed by atoms with Crippen molar-refractivity contribution in [3.63, 3.8) is 0 Å². The molecular weight excluding hydrogens is 398 g/mol. The summed E-state index contributed by atoms with van der Waals surface area (Å²) in [5, 5.41) is 3.21. The van der Waals surface area contributed by atoms with Gasteiger partial charge in [-0.25, -0.2) is 9.78 Å². The second-order valence-electron chi connectivity index (χ2n) is 7.83. The second-order valence-corrected chi connectivity index (χ2v) is 7.83. The summed E-state index contributed by atoms with van der Waals surface area (Å²) in [7, 11) is 0. The third-order valence-electron chi connectivity index (χ3n) is 5.88. The number of benzene rings is 2. The van der Waals surface area contributed by atoms with E-state index in [1.54, 1.807) is 35.8 Å². The lowest BCUT2D eigenvalue weighted by Crippen LogP contribution is -2.21. The number of ether oxygens (including phenoxy) is 1. The van der Waals surface area contributed by atoms with E-state index in [0.717, 1.165) is 24.2 Å². The molecule has 5 rings (SSSR count). The number of hydrogen-bond donors (Lipinski definition) is 1. The lowest BCUT2D eigenvalue weighted by Gasteiger charge is -2.08. The molecule has 0 radical (unpaired) electrons. The Kier molecular flexibility index (Phi) is 4.43. The highest BCUT2D eigenvalue weighted by Crippen LogP contribution is 2.32. The summed E-state index contributed by atoms with van der Waals surface area (Å²) in [5.74, 6) is -0.749. The molecule has 0 saturated carbocycles. The summed E-state index contributed by atoms with van der Waals surface area (Å²) in [6, 6.07) is 9.53. The van der Waals surface area contributed by atoms with Crippen molar-refractivity contribution in [2.45, 2.75) is 32.2 Å². The second kappa shape index (κ2) is 7.16. The average molecular weight is 417 g/mol. The minimum atomic E-state index is -0.663. The van der Waals surface area contributed by atoms with Gasteiger partial charge in [0.1, 0.15) is 5.82 Å². The number of esters is 1. The molecule has 2 aromatic carbocycles. The van der Waals surface area contributed by atoms with E-state index < -0.39 is 12.6 Å². The van der Waals surface area contributed by atoms with Crippen LogP contribution in [-0.4, -0.2) is 33.8 Å². The van der Waals surface area contributed by atoms with Gasteiger partial charge in [-0.2, -0.15) is 0 Å². The highest BCUT2D eigenvalue weighted by molar-refractivity contribution is 6.05. The molecule has 0 saturated heterocycles. The fourth-order valence-electron chi connectivity index (χ4n) is 4.10. The number of aryl methyl sites for hydroxylation is 1. The minimum absolute atomic E-state index is 0.105. The van der Waals surface area contributed by atoms with Crippen molar-refractivity contribution in [3.8, 4) is 0 Å². The summed E-state index contributed by atoms with van der Waals surface area (Å²) in [6.07, 6.45) is 1.61. The van der Waals surface area contributed by atoms with Crippen LogP contribution >= 0.6 is 0 Å². The van der Waals surface area contributed by atoms with Crippen LogP contribution in [0.25, 0.3) is 10.9 Å². The van der Waals surface area contributed by atoms with Crippen LogP contribution in [0.5, 0.6) is 0 Å². The van der Waals surface area contributed by atoms with Crippen molar-refractivity contribution in [2.24, 2.45) is 0 Å². The molecule has 0 aliphatic carbocycles. The predicted octanol–water partition coefficient (Wildman–Crippen LogP) is 2.44. The van der Waals surface area contributed by atoms with Crippen LogP contribution in [0.3, 0.4) is 0 Å². The van der Waals surface area contributed by atoms with E-state index in [1.165, 1.54) is 12.1 Å². The predicted molar refractivity (Wildman–Crippen MR) is 112 cm³/mol. The molecule has 2 aliphatic rings. The van der Waals surface area contributed by atoms with Crippen LogP contribution in [0.1, 0.15) is 51.4 Å². The van der Waals surface area contributed by atoms with Gasteiger partial charge in [-0.1, -0.05) is 0 Å². The first kappa shape index (κ1) is 19.2. The highest BCUT2D eigenvalue weighted by atomic mass is 16.5. The molecule has 31 heavy (non-hydrogen) atoms. The zero-order valence-corrected chi connectivity index (χ0v) is 16.8. The average Bonchev–Trinajstić information content (AvgIpc) is 3.35. The number of Topliss-reactive ketones (excluding diaryl/α,β-unsaturated/α-hetero) is 1. The number of rotatable bonds is 4. The molecule has 3 aromatic rings. The van der Waals surface area contributed by atoms with E-state index in [0.29, 0.717) is 28.7 Å². The smallest absolute Gasteiger partial charge is 0.338 e. The summed E-state index contributed by atoms with van der Waals surface area (Å²) in [5.41, 5.74) is 2.39. The molecule has 0 unspecified atom stereocenters. The number of carbonyl (C=O) groups excluding carboxylic acids is 3. The van der Waals surface area contributed by atoms with Gasteiger partial charge in [-0.05, 0) is 55.3 Å². The maximum absolute atomic E-state index is 12.5. The van der Waals surface area contributed by atoms with E-state index in [2.05, 4.69) is 10.3 Å². The number of aromatic nitrogens is 2. The first-order chi connectivity index (χ1) is 14.9. The van der Waals surface area contributed by atoms with Gasteiger partial charge in [-0.15, -0.1) is 0 Å². The fraction of sp³-hybridized carbons (Fsp3) is 0.261. The number of nitrogens with zero attached hydrogens (tertiary/aromatic N) is 2. The number of hydrogen-bond acceptors (Lipinski definition) is 6. The quantitative estimate of drug-likeness (QED) is 0.516. The van der Waals surface area contributed by atoms with Crippen molar-refractivity contribution in [3.05, 3.63) is 69.3 Å². The molecule has 8 nitrogen and oxygen atoms in total. The normalized spacial score (nSPS) is 16.7. The van der Waals surface area contributed by atoms with Crippen LogP contribution in [-0.2, 0) is 22.5 Å². The Bertz CT molecular complexity index is 1340. The lowest BCUT2D eigenvalue weighted by molar-refractivity contribution is -0.116. The number of anilines is 1. The van der Waals surface area contributed by atoms with E-state index in [9.17, 15) is 19.2 Å². The van der Waals surface area contributed by atoms with Crippen molar-refractivity contribution >= 4 is 34.3 Å². The topological polar surface area (TPSA) is 107 Å². The van der Waals surface area contributed by atoms with Crippen molar-refractivity contribution < 1.29 is 19.1 Å². The number of amides is 1. The Morgan fingerprint density at radius 2 is 1.97 bits per heavy atom. The summed E-state index contributed by atoms with van der Waals surface area (Å²) < 4.78 is 6.87. The zero-order chi connectivity index (χ0) is 21.7. The van der Waals surface area contributed by atoms with Gasteiger partial charge < -0.3 is 10.1 Å². The van der Waals surface area contributed by atoms with Crippen molar-refractivity contribution in [1.82, 2.24) is 9.55 Å². The highest BCUT2D eigenvalue weighted by Gasteiger charge is 2.27. The SMILES string of the molecule is C[C@H]1C(=O)Nc2ccc(C(=O)COC(=O)c3ccc4c(=O)n5c(nc4c3)CCC5)cc21. The van der Waals surface area contributed by atoms with E-state index in [1.807, 2.05) is 0 Å². The van der Waals surface area contributed by atoms with Crippen LogP contribution in [0.4, 0.5) is 5.69 Å². The summed E-state index contributed by atoms with van der Waals surface area (Å²) in [4.78, 5) is 53.8. The first-order valence-electron chi connectivity index (χ1n) is 10.1. The molecule has 1 N–H and O–H groups in total. The molecule has 1 aromatic heterocycles. The molecule has 0 bridgehead atoms. The van der Waals surface area contributed by atoms with E-state index >= 15 is 0 Å². The Morgan fingerprint density at radius 3 is 2.81 bits per heavy atom. The van der Waals surface area contributed by atoms with Gasteiger partial charge >= 0.3 is 5.97 Å². The molecule has 2 aliphatic heterocycles. The Balaban J connectivity index is 1.32. The van der Waals surface area contributed by atoms with E-state index in [-0.39, 0.29) is 28.7 Å². The third kappa shape index (κ3) is 3.20. The monoisotopic (exact) mass is 417 g/mol. The molecule has 8 heteroatoms. The third-order valence-corrected chi connectivity index (χ3v) is 5.88. The lowest BCUT2D eigenvalue weighted by atomic mass is 9.99. The summed E-state index contributed by atoms with van der Waals surface area (Å²) in [6.45, 7) is 2.00. The zero-order valence-electron chi connectivity index (χ0n) is 16.8. The van der Waals surface area contributed by atoms with Crippen LogP contribution in [0, 0.1) is 0 Å². The van der Waals surface area contributed by atoms with Gasteiger partial charge in [0.15, 0.2) is 12.4 Å². The van der Waals surface area contributed by atoms with Gasteiger partial charge in [0.25, 0.3) is 5.56 Å². The first-order valence-corrected chi connectivity index (χ1v) is 10.1. The number of carbonyl (C=O) groups is 3. The van der Waals surface area contributed by atoms with Crippen LogP contribution < -0.4 is 10.9 Å². The van der Waals surface area contributed by atoms with Gasteiger partial charge in [0, 0.05) is 24.2 Å². The van der Waals surface area contributed by atoms with E-state index in [4.69, 9.17) is 4.74 Å². The largest absolute Gasteiger partial charge is 0.454 e. The molecule has 3 heterocycles. The fourth-order valence-corrected chi connectivity index (χ4v) is 4.10. The van der Waals surface area contributed by atoms with Gasteiger partial charge in [-0.3, -0.25) is 19.0 Å². The van der Waals surface area contributed by atoms with Gasteiger partial charge in [0.2, 0.25) is 5.91 Å². The molecule has 0 spiro atoms. The number of ketones is 1. The minimum Gasteiger partial charge on any atom is -0.454 e. The van der Waals surface area contributed by atoms with Gasteiger partial charge in [0.05, 0.1) is 22.4 Å². The molecule has 1 amide bonds. The van der Waals surface area contributed by atoms with Crippen LogP contribution in [0.15, 0.2) is 41.2 Å². The standard InChI is InChI=1S/C23H19N3O5/c1-12-16-9-13(5-7-17(16)25-21(12)28)19(27)11-31-23(30)14-4-6-15-18(10-14)24-20-3-2-8-26(20)22(15)29/h4-7,9-10,12H,2-3,8,11H2,1H3,(H,25,28)/t12-/m1/s1. The number of nitrogens with one attached hydrogen (secondary N) is 1. The maximum atomic E-state index is 12.5. The molecule has 0 fully saturated rings. The molecular formula is C23H19N3O5. The van der Waals surface area contributed by atoms with Crippen LogP contribution in [0.2, 0.25) is 0 Å². The maximum Gasteiger partial charge on any atom is 0.338 e. The Morgan fingerprint density at radius 1 is 1.16 bits per heavy atom. The number of fused-ring (bicyclic) bond motifs is 3. The van der Waals surface area contributed by atoms with Crippen molar-refractivity contribution in [2.75, 3.05) is 11.9 Å².